The number of benzene rings is 3. The van der Waals surface area contributed by atoms with Gasteiger partial charge in [-0.15, -0.1) is 0 Å². The second-order valence-corrected chi connectivity index (χ2v) is 6.23. The van der Waals surface area contributed by atoms with Crippen LogP contribution in [0.4, 0.5) is 5.69 Å². The van der Waals surface area contributed by atoms with Crippen LogP contribution in [0, 0.1) is 0 Å². The summed E-state index contributed by atoms with van der Waals surface area (Å²) in [5, 5.41) is 13.7. The number of hydrogen-bond donors (Lipinski definition) is 1. The van der Waals surface area contributed by atoms with E-state index in [1.165, 1.54) is 48.5 Å². The fraction of sp³-hybridized carbons (Fsp3) is 0.0435. The molecule has 0 aliphatic heterocycles. The van der Waals surface area contributed by atoms with Gasteiger partial charge in [0.05, 0.1) is 11.5 Å². The molecule has 3 aromatic carbocycles. The summed E-state index contributed by atoms with van der Waals surface area (Å²) in [7, 11) is 0. The van der Waals surface area contributed by atoms with Gasteiger partial charge in [0.1, 0.15) is 0 Å². The van der Waals surface area contributed by atoms with Crippen molar-refractivity contribution in [2.45, 2.75) is 0 Å². The zero-order valence-electron chi connectivity index (χ0n) is 15.7. The van der Waals surface area contributed by atoms with Gasteiger partial charge in [-0.05, 0) is 24.3 Å². The summed E-state index contributed by atoms with van der Waals surface area (Å²) in [6.45, 7) is -0.418. The number of ether oxygens (including phenoxy) is 1. The number of nitrogens with one attached hydrogen (secondary N) is 1. The molecule has 0 aliphatic carbocycles. The Kier molecular flexibility index (Phi) is 6.34. The second kappa shape index (κ2) is 9.29. The van der Waals surface area contributed by atoms with Crippen molar-refractivity contribution in [2.24, 2.45) is 0 Å². The van der Waals surface area contributed by atoms with Gasteiger partial charge in [-0.3, -0.25) is 9.59 Å². The number of Topliss-reactive ketones (excluding diaryl/α,β-unsaturated/α-hetero) is 1. The Labute approximate surface area is 171 Å². The molecule has 0 spiro atoms. The predicted octanol–water partition coefficient (Wildman–Crippen LogP) is 2.34. The van der Waals surface area contributed by atoms with Gasteiger partial charge in [-0.2, -0.15) is 0 Å². The van der Waals surface area contributed by atoms with Gasteiger partial charge in [-0.1, -0.05) is 54.6 Å². The van der Waals surface area contributed by atoms with Gasteiger partial charge in [-0.25, -0.2) is 4.79 Å². The number of hydrogen-bond acceptors (Lipinski definition) is 6. The van der Waals surface area contributed by atoms with E-state index in [2.05, 4.69) is 5.32 Å². The fourth-order valence-corrected chi connectivity index (χ4v) is 2.70. The number of esters is 1. The molecule has 3 rings (SSSR count). The van der Waals surface area contributed by atoms with E-state index in [1.54, 1.807) is 30.3 Å². The van der Waals surface area contributed by atoms with E-state index in [0.29, 0.717) is 5.56 Å². The van der Waals surface area contributed by atoms with Crippen molar-refractivity contribution in [1.29, 1.82) is 0 Å². The van der Waals surface area contributed by atoms with E-state index in [9.17, 15) is 24.3 Å². The molecule has 0 saturated carbocycles. The van der Waals surface area contributed by atoms with Crippen LogP contribution in [0.5, 0.6) is 0 Å². The summed E-state index contributed by atoms with van der Waals surface area (Å²) in [4.78, 5) is 47.9. The number of aromatic carboxylic acids is 1. The number of ketones is 1. The third-order valence-electron chi connectivity index (χ3n) is 4.18. The summed E-state index contributed by atoms with van der Waals surface area (Å²) in [6, 6.07) is 20.0. The first kappa shape index (κ1) is 20.5. The molecule has 3 aromatic rings. The number of carbonyl (C=O) groups is 4. The van der Waals surface area contributed by atoms with E-state index < -0.39 is 24.5 Å². The van der Waals surface area contributed by atoms with Crippen molar-refractivity contribution < 1.29 is 29.0 Å². The molecule has 0 radical (unpaired) electrons. The number of carboxylic acid groups (broad SMARTS) is 1. The summed E-state index contributed by atoms with van der Waals surface area (Å²) in [5.74, 6) is -3.21. The molecule has 0 fully saturated rings. The molecule has 0 bridgehead atoms. The highest BCUT2D eigenvalue weighted by Gasteiger charge is 2.15. The van der Waals surface area contributed by atoms with Crippen LogP contribution < -0.4 is 10.4 Å². The lowest BCUT2D eigenvalue weighted by molar-refractivity contribution is -0.255. The van der Waals surface area contributed by atoms with Crippen molar-refractivity contribution >= 4 is 29.3 Å². The van der Waals surface area contributed by atoms with Crippen molar-refractivity contribution in [2.75, 3.05) is 11.9 Å². The number of carbonyl (C=O) groups excluding carboxylic acids is 4. The topological polar surface area (TPSA) is 113 Å². The van der Waals surface area contributed by atoms with Crippen molar-refractivity contribution in [3.05, 3.63) is 101 Å². The number of amides is 1. The van der Waals surface area contributed by atoms with E-state index in [1.807, 2.05) is 0 Å². The van der Waals surface area contributed by atoms with Gasteiger partial charge < -0.3 is 20.0 Å². The standard InChI is InChI=1S/C23H17NO6/c25-20(15-7-2-1-3-8-15)14-30-23(29)16-9-6-10-17(13-16)24-21(26)18-11-4-5-12-19(18)22(27)28/h1-13H,14H2,(H,24,26)(H,27,28)/p-1. The molecule has 0 saturated heterocycles. The van der Waals surface area contributed by atoms with Crippen LogP contribution in [0.25, 0.3) is 0 Å². The molecule has 150 valence electrons. The fourth-order valence-electron chi connectivity index (χ4n) is 2.70. The largest absolute Gasteiger partial charge is 0.545 e. The highest BCUT2D eigenvalue weighted by Crippen LogP contribution is 2.15. The molecule has 7 heteroatoms. The highest BCUT2D eigenvalue weighted by atomic mass is 16.5. The minimum absolute atomic E-state index is 0.0704. The SMILES string of the molecule is O=C(COC(=O)c1cccc(NC(=O)c2ccccc2C(=O)[O-])c1)c1ccccc1. The molecular formula is C23H16NO6-. The molecule has 1 amide bonds. The molecule has 7 nitrogen and oxygen atoms in total. The van der Waals surface area contributed by atoms with Gasteiger partial charge in [0.15, 0.2) is 12.4 Å². The minimum Gasteiger partial charge on any atom is -0.545 e. The Hall–Kier alpha value is -4.26. The van der Waals surface area contributed by atoms with Gasteiger partial charge in [0.2, 0.25) is 0 Å². The second-order valence-electron chi connectivity index (χ2n) is 6.23. The van der Waals surface area contributed by atoms with E-state index in [4.69, 9.17) is 4.74 Å². The average Bonchev–Trinajstić information content (AvgIpc) is 2.78. The van der Waals surface area contributed by atoms with Crippen LogP contribution in [-0.2, 0) is 4.74 Å². The quantitative estimate of drug-likeness (QED) is 0.479. The first-order valence-electron chi connectivity index (χ1n) is 8.93. The summed E-state index contributed by atoms with van der Waals surface area (Å²) < 4.78 is 5.05. The summed E-state index contributed by atoms with van der Waals surface area (Å²) in [6.07, 6.45) is 0. The third kappa shape index (κ3) is 4.96. The highest BCUT2D eigenvalue weighted by molar-refractivity contribution is 6.10. The lowest BCUT2D eigenvalue weighted by Gasteiger charge is -2.11. The number of carboxylic acids is 1. The Bertz CT molecular complexity index is 1110. The van der Waals surface area contributed by atoms with Gasteiger partial charge in [0, 0.05) is 22.4 Å². The summed E-state index contributed by atoms with van der Waals surface area (Å²) in [5.41, 5.74) is 0.501. The third-order valence-corrected chi connectivity index (χ3v) is 4.18. The van der Waals surface area contributed by atoms with Gasteiger partial charge >= 0.3 is 5.97 Å². The Morgan fingerprint density at radius 2 is 1.40 bits per heavy atom. The van der Waals surface area contributed by atoms with E-state index in [-0.39, 0.29) is 28.2 Å². The number of anilines is 1. The van der Waals surface area contributed by atoms with Crippen molar-refractivity contribution in [3.8, 4) is 0 Å². The molecule has 0 aliphatic rings. The van der Waals surface area contributed by atoms with Crippen LogP contribution in [0.15, 0.2) is 78.9 Å². The molecule has 0 aromatic heterocycles. The molecule has 0 atom stereocenters. The molecule has 0 unspecified atom stereocenters. The maximum atomic E-state index is 12.4. The van der Waals surface area contributed by atoms with E-state index >= 15 is 0 Å². The Morgan fingerprint density at radius 1 is 0.767 bits per heavy atom. The maximum absolute atomic E-state index is 12.4. The minimum atomic E-state index is -1.47. The summed E-state index contributed by atoms with van der Waals surface area (Å²) >= 11 is 0. The van der Waals surface area contributed by atoms with Crippen molar-refractivity contribution in [3.63, 3.8) is 0 Å². The molecule has 0 heterocycles. The van der Waals surface area contributed by atoms with Crippen LogP contribution in [0.2, 0.25) is 0 Å². The lowest BCUT2D eigenvalue weighted by Crippen LogP contribution is -2.26. The smallest absolute Gasteiger partial charge is 0.338 e. The molecular weight excluding hydrogens is 386 g/mol. The lowest BCUT2D eigenvalue weighted by atomic mass is 10.1. The van der Waals surface area contributed by atoms with Crippen molar-refractivity contribution in [1.82, 2.24) is 0 Å². The maximum Gasteiger partial charge on any atom is 0.338 e. The number of rotatable bonds is 7. The normalized spacial score (nSPS) is 10.1. The monoisotopic (exact) mass is 402 g/mol. The first-order valence-corrected chi connectivity index (χ1v) is 8.93. The van der Waals surface area contributed by atoms with Crippen LogP contribution in [0.1, 0.15) is 41.4 Å². The average molecular weight is 402 g/mol. The van der Waals surface area contributed by atoms with Crippen LogP contribution in [0.3, 0.4) is 0 Å². The Morgan fingerprint density at radius 3 is 2.10 bits per heavy atom. The molecule has 1 N–H and O–H groups in total. The zero-order chi connectivity index (χ0) is 21.5. The van der Waals surface area contributed by atoms with Gasteiger partial charge in [0.25, 0.3) is 5.91 Å². The first-order chi connectivity index (χ1) is 14.5. The predicted molar refractivity (Wildman–Crippen MR) is 106 cm³/mol. The van der Waals surface area contributed by atoms with Crippen LogP contribution >= 0.6 is 0 Å². The zero-order valence-corrected chi connectivity index (χ0v) is 15.7. The van der Waals surface area contributed by atoms with E-state index in [0.717, 1.165) is 0 Å². The van der Waals surface area contributed by atoms with Crippen LogP contribution in [-0.4, -0.2) is 30.2 Å². The Balaban J connectivity index is 1.67. The molecule has 30 heavy (non-hydrogen) atoms.